The number of benzene rings is 2. The van der Waals surface area contributed by atoms with E-state index in [9.17, 15) is 14.4 Å². The number of fused-ring (bicyclic) bond motifs is 2. The largest absolute Gasteiger partial charge is 0.308 e. The van der Waals surface area contributed by atoms with Gasteiger partial charge in [-0.25, -0.2) is 0 Å². The number of para-hydroxylation sites is 1. The third kappa shape index (κ3) is 2.96. The molecule has 2 aromatic carbocycles. The Labute approximate surface area is 170 Å². The van der Waals surface area contributed by atoms with Crippen molar-refractivity contribution in [3.8, 4) is 0 Å². The number of imide groups is 1. The fourth-order valence-electron chi connectivity index (χ4n) is 5.10. The molecule has 2 aliphatic heterocycles. The summed E-state index contributed by atoms with van der Waals surface area (Å²) < 4.78 is 0. The van der Waals surface area contributed by atoms with Crippen LogP contribution in [-0.4, -0.2) is 24.3 Å². The molecule has 0 N–H and O–H groups in total. The fourth-order valence-corrected chi connectivity index (χ4v) is 5.10. The SMILES string of the molecule is O=C(c1cccc(N2C(=O)C3CCCCC3C2=O)c1)N1CCCc2ccccc21. The van der Waals surface area contributed by atoms with Crippen molar-refractivity contribution in [1.29, 1.82) is 0 Å². The van der Waals surface area contributed by atoms with Crippen LogP contribution in [0.15, 0.2) is 48.5 Å². The van der Waals surface area contributed by atoms with Crippen LogP contribution in [-0.2, 0) is 16.0 Å². The van der Waals surface area contributed by atoms with E-state index >= 15 is 0 Å². The Hall–Kier alpha value is -2.95. The molecule has 148 valence electrons. The Morgan fingerprint density at radius 1 is 0.862 bits per heavy atom. The molecule has 0 bridgehead atoms. The van der Waals surface area contributed by atoms with Crippen molar-refractivity contribution < 1.29 is 14.4 Å². The Kier molecular flexibility index (Phi) is 4.46. The van der Waals surface area contributed by atoms with Gasteiger partial charge in [-0.2, -0.15) is 0 Å². The lowest BCUT2D eigenvalue weighted by Gasteiger charge is -2.29. The van der Waals surface area contributed by atoms with E-state index < -0.39 is 0 Å². The van der Waals surface area contributed by atoms with E-state index in [-0.39, 0.29) is 29.6 Å². The molecule has 29 heavy (non-hydrogen) atoms. The molecule has 5 heteroatoms. The van der Waals surface area contributed by atoms with Gasteiger partial charge >= 0.3 is 0 Å². The van der Waals surface area contributed by atoms with Gasteiger partial charge < -0.3 is 4.90 Å². The minimum Gasteiger partial charge on any atom is -0.308 e. The van der Waals surface area contributed by atoms with Gasteiger partial charge in [-0.15, -0.1) is 0 Å². The third-order valence-electron chi connectivity index (χ3n) is 6.55. The quantitative estimate of drug-likeness (QED) is 0.732. The first-order valence-electron chi connectivity index (χ1n) is 10.5. The highest BCUT2D eigenvalue weighted by atomic mass is 16.2. The van der Waals surface area contributed by atoms with Gasteiger partial charge in [-0.3, -0.25) is 19.3 Å². The third-order valence-corrected chi connectivity index (χ3v) is 6.55. The Balaban J connectivity index is 1.46. The second-order valence-corrected chi connectivity index (χ2v) is 8.25. The van der Waals surface area contributed by atoms with Gasteiger partial charge in [0.15, 0.2) is 0 Å². The Bertz CT molecular complexity index is 975. The van der Waals surface area contributed by atoms with E-state index in [2.05, 4.69) is 6.07 Å². The van der Waals surface area contributed by atoms with Crippen LogP contribution in [0.1, 0.15) is 48.0 Å². The number of hydrogen-bond donors (Lipinski definition) is 0. The second kappa shape index (κ2) is 7.14. The lowest BCUT2D eigenvalue weighted by atomic mass is 9.81. The maximum absolute atomic E-state index is 13.3. The molecular formula is C24H24N2O3. The lowest BCUT2D eigenvalue weighted by Crippen LogP contribution is -2.36. The molecule has 2 unspecified atom stereocenters. The first-order chi connectivity index (χ1) is 14.1. The molecule has 3 aliphatic rings. The fraction of sp³-hybridized carbons (Fsp3) is 0.375. The second-order valence-electron chi connectivity index (χ2n) is 8.25. The summed E-state index contributed by atoms with van der Waals surface area (Å²) in [4.78, 5) is 42.2. The smallest absolute Gasteiger partial charge is 0.258 e. The van der Waals surface area contributed by atoms with E-state index in [1.54, 1.807) is 24.3 Å². The predicted octanol–water partition coefficient (Wildman–Crippen LogP) is 3.96. The van der Waals surface area contributed by atoms with Crippen molar-refractivity contribution in [3.63, 3.8) is 0 Å². The standard InChI is InChI=1S/C24H24N2O3/c27-22(25-14-6-9-16-7-1-4-13-21(16)25)17-8-5-10-18(15-17)26-23(28)19-11-2-3-12-20(19)24(26)29/h1,4-5,7-8,10,13,15,19-20H,2-3,6,9,11-12,14H2. The van der Waals surface area contributed by atoms with Crippen LogP contribution in [0.3, 0.4) is 0 Å². The van der Waals surface area contributed by atoms with Crippen LogP contribution in [0.4, 0.5) is 11.4 Å². The number of hydrogen-bond acceptors (Lipinski definition) is 3. The highest BCUT2D eigenvalue weighted by Gasteiger charge is 2.48. The molecule has 2 heterocycles. The maximum atomic E-state index is 13.3. The normalized spacial score (nSPS) is 23.7. The van der Waals surface area contributed by atoms with Crippen LogP contribution in [0.2, 0.25) is 0 Å². The molecular weight excluding hydrogens is 364 g/mol. The maximum Gasteiger partial charge on any atom is 0.258 e. The zero-order valence-corrected chi connectivity index (χ0v) is 16.3. The van der Waals surface area contributed by atoms with Crippen molar-refractivity contribution in [1.82, 2.24) is 0 Å². The van der Waals surface area contributed by atoms with Crippen LogP contribution in [0, 0.1) is 11.8 Å². The van der Waals surface area contributed by atoms with Crippen molar-refractivity contribution in [3.05, 3.63) is 59.7 Å². The first kappa shape index (κ1) is 18.1. The molecule has 3 amide bonds. The highest BCUT2D eigenvalue weighted by Crippen LogP contribution is 2.40. The van der Waals surface area contributed by atoms with Gasteiger partial charge in [0.25, 0.3) is 5.91 Å². The van der Waals surface area contributed by atoms with Crippen molar-refractivity contribution in [2.45, 2.75) is 38.5 Å². The van der Waals surface area contributed by atoms with Crippen LogP contribution in [0.25, 0.3) is 0 Å². The molecule has 5 nitrogen and oxygen atoms in total. The molecule has 2 aromatic rings. The average molecular weight is 388 g/mol. The number of rotatable bonds is 2. The number of carbonyl (C=O) groups is 3. The van der Waals surface area contributed by atoms with E-state index in [1.165, 1.54) is 10.5 Å². The minimum atomic E-state index is -0.190. The molecule has 0 spiro atoms. The predicted molar refractivity (Wildman–Crippen MR) is 111 cm³/mol. The summed E-state index contributed by atoms with van der Waals surface area (Å²) in [7, 11) is 0. The average Bonchev–Trinajstić information content (AvgIpc) is 3.03. The molecule has 5 rings (SSSR count). The molecule has 1 aliphatic carbocycles. The summed E-state index contributed by atoms with van der Waals surface area (Å²) in [6.07, 6.45) is 5.47. The number of carbonyl (C=O) groups excluding carboxylic acids is 3. The summed E-state index contributed by atoms with van der Waals surface area (Å²) in [6, 6.07) is 15.0. The molecule has 2 atom stereocenters. The van der Waals surface area contributed by atoms with Crippen LogP contribution < -0.4 is 9.80 Å². The van der Waals surface area contributed by atoms with E-state index in [1.807, 2.05) is 23.1 Å². The first-order valence-corrected chi connectivity index (χ1v) is 10.5. The van der Waals surface area contributed by atoms with Gasteiger partial charge in [-0.05, 0) is 55.5 Å². The number of amides is 3. The Morgan fingerprint density at radius 3 is 2.34 bits per heavy atom. The molecule has 0 aromatic heterocycles. The summed E-state index contributed by atoms with van der Waals surface area (Å²) in [5.74, 6) is -0.676. The highest BCUT2D eigenvalue weighted by molar-refractivity contribution is 6.22. The van der Waals surface area contributed by atoms with Crippen LogP contribution >= 0.6 is 0 Å². The topological polar surface area (TPSA) is 57.7 Å². The monoisotopic (exact) mass is 388 g/mol. The summed E-state index contributed by atoms with van der Waals surface area (Å²) in [5, 5.41) is 0. The van der Waals surface area contributed by atoms with Gasteiger partial charge in [0, 0.05) is 17.8 Å². The van der Waals surface area contributed by atoms with E-state index in [0.29, 0.717) is 17.8 Å². The van der Waals surface area contributed by atoms with Crippen molar-refractivity contribution >= 4 is 29.1 Å². The van der Waals surface area contributed by atoms with Crippen molar-refractivity contribution in [2.75, 3.05) is 16.3 Å². The number of anilines is 2. The lowest BCUT2D eigenvalue weighted by molar-refractivity contribution is -0.122. The van der Waals surface area contributed by atoms with E-state index in [0.717, 1.165) is 44.2 Å². The molecule has 1 saturated heterocycles. The molecule has 1 saturated carbocycles. The van der Waals surface area contributed by atoms with Gasteiger partial charge in [0.05, 0.1) is 17.5 Å². The molecule has 0 radical (unpaired) electrons. The number of nitrogens with zero attached hydrogens (tertiary/aromatic N) is 2. The zero-order valence-electron chi connectivity index (χ0n) is 16.3. The van der Waals surface area contributed by atoms with E-state index in [4.69, 9.17) is 0 Å². The number of aryl methyl sites for hydroxylation is 1. The van der Waals surface area contributed by atoms with Gasteiger partial charge in [0.1, 0.15) is 0 Å². The van der Waals surface area contributed by atoms with Gasteiger partial charge in [-0.1, -0.05) is 37.1 Å². The zero-order chi connectivity index (χ0) is 20.0. The minimum absolute atomic E-state index is 0.0875. The van der Waals surface area contributed by atoms with Crippen molar-refractivity contribution in [2.24, 2.45) is 11.8 Å². The molecule has 2 fully saturated rings. The summed E-state index contributed by atoms with van der Waals surface area (Å²) in [6.45, 7) is 0.672. The summed E-state index contributed by atoms with van der Waals surface area (Å²) in [5.41, 5.74) is 3.16. The van der Waals surface area contributed by atoms with Gasteiger partial charge in [0.2, 0.25) is 11.8 Å². The van der Waals surface area contributed by atoms with Crippen LogP contribution in [0.5, 0.6) is 0 Å². The summed E-state index contributed by atoms with van der Waals surface area (Å²) >= 11 is 0. The Morgan fingerprint density at radius 2 is 1.59 bits per heavy atom.